The highest BCUT2D eigenvalue weighted by molar-refractivity contribution is 7.27. The maximum Gasteiger partial charge on any atom is 0.417 e. The van der Waals surface area contributed by atoms with E-state index in [0.717, 1.165) is 76.4 Å². The number of hydrogen-bond acceptors (Lipinski definition) is 10. The number of nitrogens with one attached hydrogen (secondary N) is 1. The third kappa shape index (κ3) is 8.36. The second-order valence-corrected chi connectivity index (χ2v) is 12.3. The van der Waals surface area contributed by atoms with Gasteiger partial charge in [0.2, 0.25) is 0 Å². The molecule has 1 aromatic carbocycles. The van der Waals surface area contributed by atoms with Crippen molar-refractivity contribution in [2.75, 3.05) is 56.6 Å². The summed E-state index contributed by atoms with van der Waals surface area (Å²) >= 11 is 1.26. The molecular weight excluding hydrogens is 614 g/mol. The quantitative estimate of drug-likeness (QED) is 0.264. The molecule has 2 unspecified atom stereocenters. The van der Waals surface area contributed by atoms with Crippen molar-refractivity contribution in [2.45, 2.75) is 44.9 Å². The monoisotopic (exact) mass is 651 g/mol. The smallest absolute Gasteiger partial charge is 0.400 e. The summed E-state index contributed by atoms with van der Waals surface area (Å²) in [6, 6.07) is 4.52. The molecule has 44 heavy (non-hydrogen) atoms. The molecule has 0 aliphatic carbocycles. The number of alkyl halides is 3. The van der Waals surface area contributed by atoms with Crippen molar-refractivity contribution < 1.29 is 27.9 Å². The van der Waals surface area contributed by atoms with Gasteiger partial charge in [0.05, 0.1) is 23.7 Å². The normalized spacial score (nSPS) is 17.7. The van der Waals surface area contributed by atoms with E-state index in [-0.39, 0.29) is 16.1 Å². The lowest BCUT2D eigenvalue weighted by Gasteiger charge is -2.34. The van der Waals surface area contributed by atoms with Gasteiger partial charge in [-0.05, 0) is 37.7 Å². The van der Waals surface area contributed by atoms with E-state index in [1.807, 2.05) is 0 Å². The molecule has 0 radical (unpaired) electrons. The molecule has 2 N–H and O–H groups in total. The number of aliphatic hydroxyl groups excluding tert-OH is 1. The summed E-state index contributed by atoms with van der Waals surface area (Å²) in [6.07, 6.45) is 2.03. The fourth-order valence-corrected chi connectivity index (χ4v) is 6.65. The molecule has 0 spiro atoms. The molecule has 10 nitrogen and oxygen atoms in total. The van der Waals surface area contributed by atoms with Crippen LogP contribution < -0.4 is 15.5 Å². The van der Waals surface area contributed by atoms with Crippen molar-refractivity contribution in [3.05, 3.63) is 46.7 Å². The van der Waals surface area contributed by atoms with Gasteiger partial charge >= 0.3 is 6.18 Å². The van der Waals surface area contributed by atoms with Crippen LogP contribution in [-0.2, 0) is 17.5 Å². The van der Waals surface area contributed by atoms with Gasteiger partial charge in [-0.25, -0.2) is 15.0 Å². The number of thiazole rings is 1. The zero-order valence-electron chi connectivity index (χ0n) is 24.7. The number of hydrogen-bond donors (Lipinski definition) is 2. The molecular formula is C29H37F3N7O3PS. The van der Waals surface area contributed by atoms with Crippen LogP contribution in [0.3, 0.4) is 0 Å². The third-order valence-electron chi connectivity index (χ3n) is 7.72. The van der Waals surface area contributed by atoms with Gasteiger partial charge in [-0.3, -0.25) is 19.9 Å². The Morgan fingerprint density at radius 2 is 1.91 bits per heavy atom. The molecule has 1 amide bonds. The SMILES string of the molecule is CC1CCCN1Cc1sc(NC(=O)c2cnc(N3CCN(CCC=O)CC3)cn2)nc1-c1ccc(P)c(C(F)(F)F)c1.CO. The van der Waals surface area contributed by atoms with Crippen LogP contribution in [0.15, 0.2) is 30.6 Å². The Balaban J connectivity index is 0.00000216. The number of piperazine rings is 1. The average molecular weight is 652 g/mol. The topological polar surface area (TPSA) is 115 Å². The number of carbonyl (C=O) groups is 2. The van der Waals surface area contributed by atoms with Crippen LogP contribution in [0.1, 0.15) is 47.1 Å². The molecule has 2 aromatic heterocycles. The summed E-state index contributed by atoms with van der Waals surface area (Å²) in [7, 11) is 3.14. The molecule has 3 aromatic rings. The number of nitrogens with zero attached hydrogens (tertiary/aromatic N) is 6. The number of aliphatic hydroxyl groups is 1. The molecule has 2 saturated heterocycles. The van der Waals surface area contributed by atoms with Crippen molar-refractivity contribution in [3.8, 4) is 11.3 Å². The van der Waals surface area contributed by atoms with E-state index >= 15 is 0 Å². The number of aldehydes is 1. The maximum atomic E-state index is 13.7. The zero-order valence-corrected chi connectivity index (χ0v) is 26.7. The van der Waals surface area contributed by atoms with E-state index in [1.165, 1.54) is 23.6 Å². The van der Waals surface area contributed by atoms with Crippen LogP contribution in [0.2, 0.25) is 0 Å². The number of benzene rings is 1. The van der Waals surface area contributed by atoms with Gasteiger partial charge in [0.1, 0.15) is 17.8 Å². The van der Waals surface area contributed by atoms with E-state index in [0.29, 0.717) is 36.1 Å². The highest BCUT2D eigenvalue weighted by Crippen LogP contribution is 2.37. The molecule has 4 heterocycles. The van der Waals surface area contributed by atoms with Gasteiger partial charge in [-0.15, -0.1) is 9.24 Å². The first-order valence-corrected chi connectivity index (χ1v) is 15.7. The summed E-state index contributed by atoms with van der Waals surface area (Å²) in [5, 5.41) is 10.1. The minimum atomic E-state index is -4.50. The number of aromatic nitrogens is 3. The molecule has 2 atom stereocenters. The Morgan fingerprint density at radius 3 is 2.52 bits per heavy atom. The minimum absolute atomic E-state index is 0.0616. The first kappa shape index (κ1) is 33.9. The van der Waals surface area contributed by atoms with Crippen molar-refractivity contribution in [1.29, 1.82) is 0 Å². The first-order chi connectivity index (χ1) is 21.1. The molecule has 238 valence electrons. The Bertz CT molecular complexity index is 1420. The van der Waals surface area contributed by atoms with E-state index < -0.39 is 17.6 Å². The van der Waals surface area contributed by atoms with Crippen molar-refractivity contribution in [2.24, 2.45) is 0 Å². The summed E-state index contributed by atoms with van der Waals surface area (Å²) in [5.74, 6) is 0.170. The molecule has 2 aliphatic heterocycles. The zero-order chi connectivity index (χ0) is 31.9. The van der Waals surface area contributed by atoms with Gasteiger partial charge in [0.15, 0.2) is 5.13 Å². The second kappa shape index (κ2) is 15.3. The molecule has 2 fully saturated rings. The lowest BCUT2D eigenvalue weighted by molar-refractivity contribution is -0.136. The van der Waals surface area contributed by atoms with E-state index in [9.17, 15) is 22.8 Å². The fourth-order valence-electron chi connectivity index (χ4n) is 5.30. The van der Waals surface area contributed by atoms with E-state index in [2.05, 4.69) is 51.1 Å². The van der Waals surface area contributed by atoms with E-state index in [4.69, 9.17) is 5.11 Å². The Hall–Kier alpha value is -3.03. The number of amides is 1. The van der Waals surface area contributed by atoms with Gasteiger partial charge in [0.25, 0.3) is 5.91 Å². The number of anilines is 2. The van der Waals surface area contributed by atoms with Crippen LogP contribution in [0, 0.1) is 0 Å². The fraction of sp³-hybridized carbons (Fsp3) is 0.483. The van der Waals surface area contributed by atoms with Crippen LogP contribution in [0.5, 0.6) is 0 Å². The molecule has 15 heteroatoms. The molecule has 0 saturated carbocycles. The van der Waals surface area contributed by atoms with Gasteiger partial charge < -0.3 is 14.8 Å². The largest absolute Gasteiger partial charge is 0.417 e. The van der Waals surface area contributed by atoms with Crippen molar-refractivity contribution in [1.82, 2.24) is 24.8 Å². The van der Waals surface area contributed by atoms with Crippen molar-refractivity contribution in [3.63, 3.8) is 0 Å². The van der Waals surface area contributed by atoms with Gasteiger partial charge in [-0.1, -0.05) is 23.5 Å². The molecule has 0 bridgehead atoms. The van der Waals surface area contributed by atoms with E-state index in [1.54, 1.807) is 12.3 Å². The number of halogens is 3. The Morgan fingerprint density at radius 1 is 1.16 bits per heavy atom. The lowest BCUT2D eigenvalue weighted by atomic mass is 10.1. The predicted molar refractivity (Wildman–Crippen MR) is 168 cm³/mol. The lowest BCUT2D eigenvalue weighted by Crippen LogP contribution is -2.47. The number of carbonyl (C=O) groups excluding carboxylic acids is 2. The number of rotatable bonds is 9. The van der Waals surface area contributed by atoms with Crippen LogP contribution >= 0.6 is 20.6 Å². The maximum absolute atomic E-state index is 13.7. The molecule has 2 aliphatic rings. The summed E-state index contributed by atoms with van der Waals surface area (Å²) in [4.78, 5) is 44.4. The van der Waals surface area contributed by atoms with Crippen LogP contribution in [0.25, 0.3) is 11.3 Å². The minimum Gasteiger partial charge on any atom is -0.400 e. The van der Waals surface area contributed by atoms with Gasteiger partial charge in [-0.2, -0.15) is 13.2 Å². The molecule has 5 rings (SSSR count). The van der Waals surface area contributed by atoms with Gasteiger partial charge in [0, 0.05) is 69.3 Å². The highest BCUT2D eigenvalue weighted by Gasteiger charge is 2.33. The van der Waals surface area contributed by atoms with Crippen molar-refractivity contribution >= 4 is 49.0 Å². The highest BCUT2D eigenvalue weighted by atomic mass is 32.1. The van der Waals surface area contributed by atoms with Crippen LogP contribution in [-0.4, -0.2) is 94.5 Å². The first-order valence-electron chi connectivity index (χ1n) is 14.3. The summed E-state index contributed by atoms with van der Waals surface area (Å²) in [5.41, 5.74) is 0.157. The Labute approximate surface area is 260 Å². The summed E-state index contributed by atoms with van der Waals surface area (Å²) < 4.78 is 41.0. The number of likely N-dealkylation sites (tertiary alicyclic amines) is 1. The third-order valence-corrected chi connectivity index (χ3v) is 9.18. The van der Waals surface area contributed by atoms with Crippen LogP contribution in [0.4, 0.5) is 24.1 Å². The standard InChI is InChI=1S/C28H33F3N7O2PS.CH4O/c1-18-4-2-8-38(18)17-23-25(19-5-6-22(41)20(14-19)28(29,30)31)34-27(42-23)35-26(40)21-15-33-24(16-32-21)37-11-9-36(10-12-37)7-3-13-39;1-2/h5-6,13-16,18H,2-4,7-12,17,41H2,1H3,(H,34,35,40);2H,1H3. The average Bonchev–Trinajstić information content (AvgIpc) is 3.62. The summed E-state index contributed by atoms with van der Waals surface area (Å²) in [6.45, 7) is 7.42. The predicted octanol–water partition coefficient (Wildman–Crippen LogP) is 3.68. The Kier molecular flexibility index (Phi) is 11.8. The second-order valence-electron chi connectivity index (χ2n) is 10.6.